The van der Waals surface area contributed by atoms with Gasteiger partial charge in [0.2, 0.25) is 0 Å². The molecule has 24 nitrogen and oxygen atoms in total. The number of carbonyl (C=O) groups is 10. The third-order valence-corrected chi connectivity index (χ3v) is 12.5. The number of rotatable bonds is 19. The molecule has 0 bridgehead atoms. The maximum atomic E-state index is 13.0. The van der Waals surface area contributed by atoms with E-state index >= 15 is 0 Å². The van der Waals surface area contributed by atoms with Crippen molar-refractivity contribution in [2.24, 2.45) is 0 Å². The van der Waals surface area contributed by atoms with Crippen LogP contribution >= 0.6 is 23.5 Å². The van der Waals surface area contributed by atoms with Crippen LogP contribution < -0.4 is 0 Å². The van der Waals surface area contributed by atoms with E-state index in [2.05, 4.69) is 0 Å². The summed E-state index contributed by atoms with van der Waals surface area (Å²) in [7, 11) is 0. The van der Waals surface area contributed by atoms with Crippen LogP contribution in [0.25, 0.3) is 0 Å². The van der Waals surface area contributed by atoms with Crippen molar-refractivity contribution < 1.29 is 114 Å². The van der Waals surface area contributed by atoms with Crippen molar-refractivity contribution in [2.75, 3.05) is 19.8 Å². The highest BCUT2D eigenvalue weighted by Gasteiger charge is 2.59. The summed E-state index contributed by atoms with van der Waals surface area (Å²) in [6.45, 7) is 12.3. The number of thioether (sulfide) groups is 2. The van der Waals surface area contributed by atoms with Crippen LogP contribution in [0, 0.1) is 0 Å². The molecule has 0 aromatic heterocycles. The van der Waals surface area contributed by atoms with E-state index in [1.807, 2.05) is 0 Å². The van der Waals surface area contributed by atoms with Gasteiger partial charge in [0.15, 0.2) is 49.0 Å². The van der Waals surface area contributed by atoms with Crippen LogP contribution in [0.1, 0.15) is 83.1 Å². The molecule has 3 fully saturated rings. The van der Waals surface area contributed by atoms with E-state index in [1.54, 1.807) is 13.8 Å². The van der Waals surface area contributed by atoms with Gasteiger partial charge in [0.1, 0.15) is 49.0 Å². The second kappa shape index (κ2) is 26.1. The van der Waals surface area contributed by atoms with Gasteiger partial charge < -0.3 is 66.3 Å². The molecule has 67 heavy (non-hydrogen) atoms. The number of esters is 10. The van der Waals surface area contributed by atoms with Gasteiger partial charge in [0.25, 0.3) is 0 Å². The Kier molecular flexibility index (Phi) is 22.1. The smallest absolute Gasteiger partial charge is 0.303 e. The molecule has 0 aromatic rings. The molecule has 3 aliphatic heterocycles. The van der Waals surface area contributed by atoms with Crippen molar-refractivity contribution in [3.8, 4) is 0 Å². The molecule has 0 aliphatic carbocycles. The molecule has 3 saturated heterocycles. The summed E-state index contributed by atoms with van der Waals surface area (Å²) in [6.07, 6.45) is -17.3. The summed E-state index contributed by atoms with van der Waals surface area (Å²) in [5.41, 5.74) is -3.03. The quantitative estimate of drug-likeness (QED) is 0.129. The zero-order chi connectivity index (χ0) is 50.4. The van der Waals surface area contributed by atoms with Crippen LogP contribution in [0.3, 0.4) is 0 Å². The third kappa shape index (κ3) is 17.7. The minimum Gasteiger partial charge on any atom is -0.463 e. The Hall–Kier alpha value is -4.76. The van der Waals surface area contributed by atoms with Crippen molar-refractivity contribution >= 4 is 83.2 Å². The second-order valence-corrected chi connectivity index (χ2v) is 18.0. The summed E-state index contributed by atoms with van der Waals surface area (Å²) in [5, 5.41) is -2.52. The van der Waals surface area contributed by atoms with E-state index in [-0.39, 0.29) is 0 Å². The minimum atomic E-state index is -1.64. The number of carbonyl (C=O) groups excluding carboxylic acids is 10. The predicted octanol–water partition coefficient (Wildman–Crippen LogP) is 1.00. The minimum absolute atomic E-state index is 0.529. The van der Waals surface area contributed by atoms with Crippen molar-refractivity contribution in [1.82, 2.24) is 0 Å². The molecule has 3 rings (SSSR count). The van der Waals surface area contributed by atoms with E-state index in [1.165, 1.54) is 0 Å². The van der Waals surface area contributed by atoms with Crippen LogP contribution in [-0.2, 0) is 114 Å². The standard InChI is InChI=1S/C41H58O24S2/c1-16(2)55-39-36(62-26(12)51)38(67-41-35(61-25(11)50)33(59-23(9)48)31(57-21(7)46)28(65-41)14-53-18(4)43)37(29(63-39)15-54-19(5)44)66-40-34(60-24(10)49)32(58-22(8)47)30(56-20(6)45)27(64-40)13-52-17(3)42/h16,27-41H,13-15H2,1-12H3/t27-,28-,29-,30+,31+,32+,33+,34-,35-,36-,37-,38-,39+,40+,41+/m1/s1. The highest BCUT2D eigenvalue weighted by molar-refractivity contribution is 8.04. The Morgan fingerprint density at radius 1 is 0.373 bits per heavy atom. The summed E-state index contributed by atoms with van der Waals surface area (Å²) in [5.74, 6) is -8.58. The molecule has 0 radical (unpaired) electrons. The lowest BCUT2D eigenvalue weighted by Crippen LogP contribution is -2.65. The number of hydrogen-bond donors (Lipinski definition) is 0. The molecule has 3 aliphatic rings. The molecule has 3 heterocycles. The molecule has 15 atom stereocenters. The Labute approximate surface area is 394 Å². The largest absolute Gasteiger partial charge is 0.463 e. The Morgan fingerprint density at radius 2 is 0.672 bits per heavy atom. The van der Waals surface area contributed by atoms with Crippen molar-refractivity contribution in [2.45, 2.75) is 178 Å². The average Bonchev–Trinajstić information content (AvgIpc) is 3.17. The average molecular weight is 999 g/mol. The van der Waals surface area contributed by atoms with Gasteiger partial charge in [0, 0.05) is 69.2 Å². The molecule has 0 unspecified atom stereocenters. The normalized spacial score (nSPS) is 31.4. The van der Waals surface area contributed by atoms with Crippen molar-refractivity contribution in [3.63, 3.8) is 0 Å². The lowest BCUT2D eigenvalue weighted by molar-refractivity contribution is -0.260. The van der Waals surface area contributed by atoms with Gasteiger partial charge in [-0.25, -0.2) is 0 Å². The van der Waals surface area contributed by atoms with Gasteiger partial charge in [-0.05, 0) is 13.8 Å². The first-order valence-corrected chi connectivity index (χ1v) is 22.7. The predicted molar refractivity (Wildman–Crippen MR) is 224 cm³/mol. The zero-order valence-corrected chi connectivity index (χ0v) is 40.6. The highest BCUT2D eigenvalue weighted by atomic mass is 32.2. The second-order valence-electron chi connectivity index (χ2n) is 15.4. The molecule has 0 amide bonds. The molecule has 0 aromatic carbocycles. The van der Waals surface area contributed by atoms with Crippen molar-refractivity contribution in [3.05, 3.63) is 0 Å². The van der Waals surface area contributed by atoms with Gasteiger partial charge in [0.05, 0.1) is 16.6 Å². The van der Waals surface area contributed by atoms with Gasteiger partial charge in [-0.2, -0.15) is 0 Å². The SMILES string of the molecule is CC(=O)OC[C@H]1O[C@@H](S[C@@H]2[C@@H](OC(C)=O)[C@@H](OC(C)C)O[C@H](COC(C)=O)[C@H]2S[C@@H]2O[C@H](COC(C)=O)[C@H](OC(C)=O)[C@H](OC(C)=O)[C@H]2OC(C)=O)[C@H](OC(C)=O)[C@@H](OC(C)=O)[C@H]1OC(C)=O. The van der Waals surface area contributed by atoms with E-state index in [9.17, 15) is 47.9 Å². The number of ether oxygens (including phenoxy) is 14. The van der Waals surface area contributed by atoms with Crippen molar-refractivity contribution in [1.29, 1.82) is 0 Å². The Balaban J connectivity index is 2.41. The maximum absolute atomic E-state index is 13.0. The van der Waals surface area contributed by atoms with E-state index < -0.39 is 174 Å². The first kappa shape index (κ1) is 56.6. The fraction of sp³-hybridized carbons (Fsp3) is 0.756. The third-order valence-electron chi connectivity index (χ3n) is 9.23. The molecular weight excluding hydrogens is 941 g/mol. The Morgan fingerprint density at radius 3 is 1.00 bits per heavy atom. The summed E-state index contributed by atoms with van der Waals surface area (Å²) < 4.78 is 81.2. The lowest BCUT2D eigenvalue weighted by Gasteiger charge is -2.50. The Bertz CT molecular complexity index is 1810. The summed E-state index contributed by atoms with van der Waals surface area (Å²) in [6, 6.07) is 0. The molecular formula is C41H58O24S2. The summed E-state index contributed by atoms with van der Waals surface area (Å²) in [4.78, 5) is 126. The highest BCUT2D eigenvalue weighted by Crippen LogP contribution is 2.48. The maximum Gasteiger partial charge on any atom is 0.303 e. The molecule has 0 spiro atoms. The van der Waals surface area contributed by atoms with Crippen LogP contribution in [-0.4, -0.2) is 174 Å². The molecule has 0 N–H and O–H groups in total. The fourth-order valence-corrected chi connectivity index (χ4v) is 10.6. The topological polar surface area (TPSA) is 300 Å². The molecule has 378 valence electrons. The van der Waals surface area contributed by atoms with Crippen LogP contribution in [0.15, 0.2) is 0 Å². The first-order valence-electron chi connectivity index (χ1n) is 20.8. The fourth-order valence-electron chi connectivity index (χ4n) is 7.13. The van der Waals surface area contributed by atoms with Crippen LogP contribution in [0.5, 0.6) is 0 Å². The van der Waals surface area contributed by atoms with Gasteiger partial charge in [-0.1, -0.05) is 0 Å². The molecule has 0 saturated carbocycles. The van der Waals surface area contributed by atoms with Gasteiger partial charge in [-0.3, -0.25) is 47.9 Å². The van der Waals surface area contributed by atoms with E-state index in [0.29, 0.717) is 0 Å². The van der Waals surface area contributed by atoms with E-state index in [4.69, 9.17) is 66.3 Å². The van der Waals surface area contributed by atoms with Gasteiger partial charge in [-0.15, -0.1) is 23.5 Å². The van der Waals surface area contributed by atoms with E-state index in [0.717, 1.165) is 92.8 Å². The van der Waals surface area contributed by atoms with Crippen LogP contribution in [0.4, 0.5) is 0 Å². The first-order chi connectivity index (χ1) is 31.3. The molecule has 26 heteroatoms. The van der Waals surface area contributed by atoms with Gasteiger partial charge >= 0.3 is 59.7 Å². The van der Waals surface area contributed by atoms with Crippen LogP contribution in [0.2, 0.25) is 0 Å². The summed E-state index contributed by atoms with van der Waals surface area (Å²) >= 11 is 1.59. The zero-order valence-electron chi connectivity index (χ0n) is 39.0. The number of hydrogen-bond acceptors (Lipinski definition) is 26. The lowest BCUT2D eigenvalue weighted by atomic mass is 9.99. The monoisotopic (exact) mass is 998 g/mol.